The Morgan fingerprint density at radius 2 is 2.28 bits per heavy atom. The Hall–Kier alpha value is -1.83. The molecule has 4 N–H and O–H groups in total. The number of piperidine rings is 1. The quantitative estimate of drug-likeness (QED) is 0.298. The summed E-state index contributed by atoms with van der Waals surface area (Å²) in [6.45, 7) is 3.00. The molecule has 1 fully saturated rings. The lowest BCUT2D eigenvalue weighted by molar-refractivity contribution is 0.226. The lowest BCUT2D eigenvalue weighted by atomic mass is 9.97. The number of hydrogen-bond donors (Lipinski definition) is 3. The van der Waals surface area contributed by atoms with Crippen LogP contribution in [0, 0.1) is 5.92 Å². The van der Waals surface area contributed by atoms with Crippen LogP contribution in [-0.2, 0) is 0 Å². The first-order valence-corrected chi connectivity index (χ1v) is 5.93. The van der Waals surface area contributed by atoms with E-state index in [0.29, 0.717) is 11.7 Å². The average Bonchev–Trinajstić information content (AvgIpc) is 2.85. The van der Waals surface area contributed by atoms with E-state index in [1.165, 1.54) is 0 Å². The number of likely N-dealkylation sites (tertiary alicyclic amines) is 1. The highest BCUT2D eigenvalue weighted by Crippen LogP contribution is 2.17. The van der Waals surface area contributed by atoms with Gasteiger partial charge < -0.3 is 21.2 Å². The van der Waals surface area contributed by atoms with Gasteiger partial charge in [0, 0.05) is 6.54 Å². The van der Waals surface area contributed by atoms with Crippen molar-refractivity contribution in [1.29, 1.82) is 0 Å². The fourth-order valence-corrected chi connectivity index (χ4v) is 2.03. The molecule has 0 saturated carbocycles. The molecule has 8 heteroatoms. The topological polar surface area (TPSA) is 113 Å². The number of nitrogens with one attached hydrogen (secondary N) is 1. The molecule has 0 spiro atoms. The van der Waals surface area contributed by atoms with Crippen LogP contribution in [0.25, 0.3) is 0 Å². The minimum absolute atomic E-state index is 0.109. The van der Waals surface area contributed by atoms with E-state index in [1.807, 2.05) is 0 Å². The Labute approximate surface area is 105 Å². The number of rotatable bonds is 4. The Bertz CT molecular complexity index is 410. The van der Waals surface area contributed by atoms with Gasteiger partial charge in [0.2, 0.25) is 5.82 Å². The predicted molar refractivity (Wildman–Crippen MR) is 65.5 cm³/mol. The summed E-state index contributed by atoms with van der Waals surface area (Å²) >= 11 is 0. The molecule has 100 valence electrons. The van der Waals surface area contributed by atoms with Gasteiger partial charge in [0.15, 0.2) is 11.5 Å². The van der Waals surface area contributed by atoms with E-state index in [4.69, 9.17) is 10.9 Å². The van der Waals surface area contributed by atoms with Crippen LogP contribution in [0.5, 0.6) is 0 Å². The van der Waals surface area contributed by atoms with Crippen molar-refractivity contribution in [2.75, 3.05) is 32.0 Å². The maximum absolute atomic E-state index is 8.60. The normalized spacial score (nSPS) is 19.1. The van der Waals surface area contributed by atoms with Crippen LogP contribution in [0.3, 0.4) is 0 Å². The number of anilines is 1. The first-order chi connectivity index (χ1) is 8.70. The second-order valence-corrected chi connectivity index (χ2v) is 4.57. The van der Waals surface area contributed by atoms with Gasteiger partial charge in [-0.1, -0.05) is 5.16 Å². The molecule has 0 amide bonds. The smallest absolute Gasteiger partial charge is 0.202 e. The molecule has 1 aliphatic heterocycles. The lowest BCUT2D eigenvalue weighted by Gasteiger charge is -2.28. The largest absolute Gasteiger partial charge is 0.409 e. The summed E-state index contributed by atoms with van der Waals surface area (Å²) in [5.41, 5.74) is 5.70. The van der Waals surface area contributed by atoms with Crippen molar-refractivity contribution in [2.45, 2.75) is 12.8 Å². The Kier molecular flexibility index (Phi) is 3.98. The standard InChI is InChI=1S/C10H18N6O2/c1-16-4-2-7(3-5-16)6-12-10-8(9(11)13-17)14-18-15-10/h7,17H,2-6H2,1H3,(H2,11,13)(H,12,15). The van der Waals surface area contributed by atoms with Crippen LogP contribution in [-0.4, -0.2) is 52.9 Å². The molecule has 0 bridgehead atoms. The van der Waals surface area contributed by atoms with Gasteiger partial charge in [0.05, 0.1) is 0 Å². The van der Waals surface area contributed by atoms with Gasteiger partial charge in [-0.2, -0.15) is 0 Å². The van der Waals surface area contributed by atoms with E-state index in [1.54, 1.807) is 0 Å². The number of hydrogen-bond acceptors (Lipinski definition) is 7. The molecule has 0 atom stereocenters. The number of nitrogens with two attached hydrogens (primary N) is 1. The summed E-state index contributed by atoms with van der Waals surface area (Å²) in [5, 5.41) is 21.9. The molecule has 1 saturated heterocycles. The molecule has 0 radical (unpaired) electrons. The molecule has 8 nitrogen and oxygen atoms in total. The van der Waals surface area contributed by atoms with Crippen LogP contribution in [0.4, 0.5) is 5.82 Å². The molecule has 2 heterocycles. The monoisotopic (exact) mass is 254 g/mol. The summed E-state index contributed by atoms with van der Waals surface area (Å²) in [6.07, 6.45) is 2.29. The molecule has 18 heavy (non-hydrogen) atoms. The van der Waals surface area contributed by atoms with Crippen molar-refractivity contribution in [1.82, 2.24) is 15.2 Å². The third kappa shape index (κ3) is 2.89. The van der Waals surface area contributed by atoms with Gasteiger partial charge in [0.25, 0.3) is 0 Å². The Morgan fingerprint density at radius 3 is 2.94 bits per heavy atom. The molecule has 1 aromatic rings. The summed E-state index contributed by atoms with van der Waals surface area (Å²) in [4.78, 5) is 2.32. The highest BCUT2D eigenvalue weighted by atomic mass is 16.6. The van der Waals surface area contributed by atoms with E-state index in [0.717, 1.165) is 32.5 Å². The van der Waals surface area contributed by atoms with Crippen LogP contribution < -0.4 is 11.1 Å². The van der Waals surface area contributed by atoms with Gasteiger partial charge in [-0.05, 0) is 49.2 Å². The van der Waals surface area contributed by atoms with Gasteiger partial charge in [0.1, 0.15) is 0 Å². The number of amidine groups is 1. The number of oxime groups is 1. The molecule has 1 aromatic heterocycles. The fraction of sp³-hybridized carbons (Fsp3) is 0.700. The number of nitrogens with zero attached hydrogens (tertiary/aromatic N) is 4. The van der Waals surface area contributed by atoms with Gasteiger partial charge >= 0.3 is 0 Å². The Balaban J connectivity index is 1.89. The summed E-state index contributed by atoms with van der Waals surface area (Å²) in [6, 6.07) is 0. The van der Waals surface area contributed by atoms with Gasteiger partial charge in [-0.25, -0.2) is 4.63 Å². The predicted octanol–water partition coefficient (Wildman–Crippen LogP) is -0.0822. The lowest BCUT2D eigenvalue weighted by Crippen LogP contribution is -2.33. The van der Waals surface area contributed by atoms with E-state index >= 15 is 0 Å². The summed E-state index contributed by atoms with van der Waals surface area (Å²) in [7, 11) is 2.13. The maximum Gasteiger partial charge on any atom is 0.202 e. The van der Waals surface area contributed by atoms with Crippen molar-refractivity contribution in [3.8, 4) is 0 Å². The fourth-order valence-electron chi connectivity index (χ4n) is 2.03. The summed E-state index contributed by atoms with van der Waals surface area (Å²) in [5.74, 6) is 0.907. The minimum Gasteiger partial charge on any atom is -0.409 e. The second kappa shape index (κ2) is 5.67. The minimum atomic E-state index is -0.109. The SMILES string of the molecule is CN1CCC(CNc2nonc2C(N)=NO)CC1. The van der Waals surface area contributed by atoms with E-state index in [9.17, 15) is 0 Å². The zero-order chi connectivity index (χ0) is 13.0. The van der Waals surface area contributed by atoms with Crippen LogP contribution in [0.1, 0.15) is 18.5 Å². The van der Waals surface area contributed by atoms with Crippen molar-refractivity contribution in [3.63, 3.8) is 0 Å². The molecule has 0 aromatic carbocycles. The zero-order valence-corrected chi connectivity index (χ0v) is 10.3. The Morgan fingerprint density at radius 1 is 1.56 bits per heavy atom. The van der Waals surface area contributed by atoms with Crippen LogP contribution >= 0.6 is 0 Å². The molecule has 1 aliphatic rings. The van der Waals surface area contributed by atoms with Crippen molar-refractivity contribution < 1.29 is 9.84 Å². The number of aromatic nitrogens is 2. The molecular formula is C10H18N6O2. The second-order valence-electron chi connectivity index (χ2n) is 4.57. The van der Waals surface area contributed by atoms with E-state index in [-0.39, 0.29) is 11.5 Å². The summed E-state index contributed by atoms with van der Waals surface area (Å²) < 4.78 is 4.58. The highest BCUT2D eigenvalue weighted by Gasteiger charge is 2.19. The van der Waals surface area contributed by atoms with Gasteiger partial charge in [-0.15, -0.1) is 0 Å². The third-order valence-electron chi connectivity index (χ3n) is 3.24. The molecule has 2 rings (SSSR count). The van der Waals surface area contributed by atoms with Crippen molar-refractivity contribution in [2.24, 2.45) is 16.8 Å². The van der Waals surface area contributed by atoms with E-state index in [2.05, 4.69) is 37.4 Å². The third-order valence-corrected chi connectivity index (χ3v) is 3.24. The van der Waals surface area contributed by atoms with Crippen molar-refractivity contribution in [3.05, 3.63) is 5.69 Å². The van der Waals surface area contributed by atoms with Crippen LogP contribution in [0.2, 0.25) is 0 Å². The highest BCUT2D eigenvalue weighted by molar-refractivity contribution is 5.99. The van der Waals surface area contributed by atoms with Crippen molar-refractivity contribution >= 4 is 11.7 Å². The first-order valence-electron chi connectivity index (χ1n) is 5.93. The first kappa shape index (κ1) is 12.6. The average molecular weight is 254 g/mol. The molecular weight excluding hydrogens is 236 g/mol. The zero-order valence-electron chi connectivity index (χ0n) is 10.3. The maximum atomic E-state index is 8.60. The molecule has 0 aliphatic carbocycles. The van der Waals surface area contributed by atoms with Gasteiger partial charge in [-0.3, -0.25) is 0 Å². The van der Waals surface area contributed by atoms with Crippen LogP contribution in [0.15, 0.2) is 9.78 Å². The van der Waals surface area contributed by atoms with E-state index < -0.39 is 0 Å². The molecule has 0 unspecified atom stereocenters.